The molecule has 2 amide bonds. The highest BCUT2D eigenvalue weighted by atomic mass is 35.5. The smallest absolute Gasteiger partial charge is 0.317 e. The number of benzene rings is 1. The molecule has 0 radical (unpaired) electrons. The molecule has 2 aliphatic rings. The van der Waals surface area contributed by atoms with Crippen LogP contribution in [-0.4, -0.2) is 55.2 Å². The number of anilines is 2. The summed E-state index contributed by atoms with van der Waals surface area (Å²) in [4.78, 5) is 23.5. The first kappa shape index (κ1) is 18.9. The number of amides is 2. The number of halogens is 1. The Kier molecular flexibility index (Phi) is 5.86. The van der Waals surface area contributed by atoms with Gasteiger partial charge in [0.1, 0.15) is 5.82 Å². The van der Waals surface area contributed by atoms with E-state index in [1.54, 1.807) is 0 Å². The minimum Gasteiger partial charge on any atom is -0.368 e. The summed E-state index contributed by atoms with van der Waals surface area (Å²) in [5, 5.41) is 3.79. The van der Waals surface area contributed by atoms with Crippen molar-refractivity contribution >= 4 is 29.1 Å². The molecule has 1 aromatic carbocycles. The molecule has 0 aliphatic carbocycles. The van der Waals surface area contributed by atoms with E-state index in [1.807, 2.05) is 35.4 Å². The predicted octanol–water partition coefficient (Wildman–Crippen LogP) is 3.37. The summed E-state index contributed by atoms with van der Waals surface area (Å²) < 4.78 is 0. The Morgan fingerprint density at radius 3 is 2.54 bits per heavy atom. The summed E-state index contributed by atoms with van der Waals surface area (Å²) in [5.74, 6) is 1.01. The fraction of sp³-hybridized carbons (Fsp3) is 0.429. The van der Waals surface area contributed by atoms with E-state index in [1.165, 1.54) is 12.8 Å². The van der Waals surface area contributed by atoms with E-state index in [4.69, 9.17) is 11.6 Å². The maximum atomic E-state index is 12.6. The van der Waals surface area contributed by atoms with Crippen LogP contribution in [-0.2, 0) is 6.54 Å². The van der Waals surface area contributed by atoms with Gasteiger partial charge >= 0.3 is 6.03 Å². The molecule has 2 saturated heterocycles. The molecule has 0 saturated carbocycles. The first-order valence-electron chi connectivity index (χ1n) is 9.92. The number of rotatable bonds is 4. The Labute approximate surface area is 171 Å². The monoisotopic (exact) mass is 399 g/mol. The van der Waals surface area contributed by atoms with Crippen LogP contribution < -0.4 is 15.1 Å². The van der Waals surface area contributed by atoms with E-state index in [2.05, 4.69) is 32.2 Å². The molecule has 1 N–H and O–H groups in total. The third kappa shape index (κ3) is 4.50. The Morgan fingerprint density at radius 2 is 1.79 bits per heavy atom. The van der Waals surface area contributed by atoms with Gasteiger partial charge in [0.05, 0.1) is 0 Å². The van der Waals surface area contributed by atoms with Gasteiger partial charge in [0.2, 0.25) is 0 Å². The minimum absolute atomic E-state index is 0.00900. The number of hydrogen-bond donors (Lipinski definition) is 1. The maximum absolute atomic E-state index is 12.6. The van der Waals surface area contributed by atoms with E-state index in [0.717, 1.165) is 48.3 Å². The summed E-state index contributed by atoms with van der Waals surface area (Å²) in [7, 11) is 0. The molecule has 0 atom stereocenters. The van der Waals surface area contributed by atoms with Crippen molar-refractivity contribution in [2.75, 3.05) is 49.1 Å². The molecule has 2 aliphatic heterocycles. The summed E-state index contributed by atoms with van der Waals surface area (Å²) in [6.07, 6.45) is 4.28. The van der Waals surface area contributed by atoms with Crippen LogP contribution in [0.2, 0.25) is 5.02 Å². The van der Waals surface area contributed by atoms with E-state index < -0.39 is 0 Å². The van der Waals surface area contributed by atoms with Crippen molar-refractivity contribution in [2.45, 2.75) is 19.4 Å². The molecule has 0 bridgehead atoms. The number of urea groups is 1. The standard InChI is InChI=1S/C21H26ClN5O/c22-18-4-3-5-19(15-18)25-10-12-27(13-11-25)21(28)24-16-17-6-7-23-20(14-17)26-8-1-2-9-26/h3-7,14-15H,1-2,8-13,16H2,(H,24,28). The molecule has 6 nitrogen and oxygen atoms in total. The zero-order valence-corrected chi connectivity index (χ0v) is 16.7. The van der Waals surface area contributed by atoms with Crippen molar-refractivity contribution in [1.29, 1.82) is 0 Å². The van der Waals surface area contributed by atoms with Crippen molar-refractivity contribution < 1.29 is 4.79 Å². The van der Waals surface area contributed by atoms with Gasteiger partial charge in [-0.3, -0.25) is 0 Å². The van der Waals surface area contributed by atoms with Gasteiger partial charge in [0.25, 0.3) is 0 Å². The number of piperazine rings is 1. The number of pyridine rings is 1. The van der Waals surface area contributed by atoms with Crippen LogP contribution in [0, 0.1) is 0 Å². The first-order valence-corrected chi connectivity index (χ1v) is 10.3. The van der Waals surface area contributed by atoms with Gasteiger partial charge in [-0.1, -0.05) is 17.7 Å². The second kappa shape index (κ2) is 8.69. The number of nitrogens with zero attached hydrogens (tertiary/aromatic N) is 4. The summed E-state index contributed by atoms with van der Waals surface area (Å²) >= 11 is 6.09. The average molecular weight is 400 g/mol. The fourth-order valence-electron chi connectivity index (χ4n) is 3.82. The lowest BCUT2D eigenvalue weighted by Gasteiger charge is -2.36. The number of nitrogens with one attached hydrogen (secondary N) is 1. The number of hydrogen-bond acceptors (Lipinski definition) is 4. The topological polar surface area (TPSA) is 51.7 Å². The molecule has 0 spiro atoms. The van der Waals surface area contributed by atoms with Crippen LogP contribution >= 0.6 is 11.6 Å². The van der Waals surface area contributed by atoms with Crippen molar-refractivity contribution in [1.82, 2.24) is 15.2 Å². The summed E-state index contributed by atoms with van der Waals surface area (Å²) in [6, 6.07) is 11.9. The Bertz CT molecular complexity index is 816. The Morgan fingerprint density at radius 1 is 1.00 bits per heavy atom. The van der Waals surface area contributed by atoms with E-state index in [-0.39, 0.29) is 6.03 Å². The number of carbonyl (C=O) groups excluding carboxylic acids is 1. The zero-order valence-electron chi connectivity index (χ0n) is 16.0. The van der Waals surface area contributed by atoms with Crippen molar-refractivity contribution in [3.8, 4) is 0 Å². The lowest BCUT2D eigenvalue weighted by molar-refractivity contribution is 0.194. The molecular weight excluding hydrogens is 374 g/mol. The van der Waals surface area contributed by atoms with Gasteiger partial charge in [0, 0.05) is 62.7 Å². The highest BCUT2D eigenvalue weighted by Gasteiger charge is 2.21. The average Bonchev–Trinajstić information content (AvgIpc) is 3.27. The van der Waals surface area contributed by atoms with Crippen molar-refractivity contribution in [2.24, 2.45) is 0 Å². The van der Waals surface area contributed by atoms with E-state index in [9.17, 15) is 4.79 Å². The lowest BCUT2D eigenvalue weighted by atomic mass is 10.2. The molecule has 2 fully saturated rings. The zero-order chi connectivity index (χ0) is 19.3. The van der Waals surface area contributed by atoms with Crippen LogP contribution in [0.1, 0.15) is 18.4 Å². The molecule has 0 unspecified atom stereocenters. The second-order valence-electron chi connectivity index (χ2n) is 7.33. The normalized spacial score (nSPS) is 17.1. The van der Waals surface area contributed by atoms with Crippen LogP contribution in [0.4, 0.5) is 16.3 Å². The summed E-state index contributed by atoms with van der Waals surface area (Å²) in [5.41, 5.74) is 2.20. The third-order valence-corrected chi connectivity index (χ3v) is 5.66. The fourth-order valence-corrected chi connectivity index (χ4v) is 4.00. The molecular formula is C21H26ClN5O. The third-order valence-electron chi connectivity index (χ3n) is 5.42. The van der Waals surface area contributed by atoms with Gasteiger partial charge in [-0.2, -0.15) is 0 Å². The molecule has 28 heavy (non-hydrogen) atoms. The highest BCUT2D eigenvalue weighted by Crippen LogP contribution is 2.21. The van der Waals surface area contributed by atoms with Crippen LogP contribution in [0.15, 0.2) is 42.6 Å². The largest absolute Gasteiger partial charge is 0.368 e. The first-order chi connectivity index (χ1) is 13.7. The highest BCUT2D eigenvalue weighted by molar-refractivity contribution is 6.30. The SMILES string of the molecule is O=C(NCc1ccnc(N2CCCC2)c1)N1CCN(c2cccc(Cl)c2)CC1. The number of carbonyl (C=O) groups is 1. The van der Waals surface area contributed by atoms with E-state index >= 15 is 0 Å². The molecule has 3 heterocycles. The Hall–Kier alpha value is -2.47. The lowest BCUT2D eigenvalue weighted by Crippen LogP contribution is -2.51. The molecule has 4 rings (SSSR count). The van der Waals surface area contributed by atoms with Crippen molar-refractivity contribution in [3.63, 3.8) is 0 Å². The van der Waals surface area contributed by atoms with Gasteiger partial charge in [-0.15, -0.1) is 0 Å². The molecule has 7 heteroatoms. The van der Waals surface area contributed by atoms with Gasteiger partial charge in [0.15, 0.2) is 0 Å². The molecule has 148 valence electrons. The molecule has 2 aromatic rings. The Balaban J connectivity index is 1.27. The van der Waals surface area contributed by atoms with Gasteiger partial charge < -0.3 is 20.0 Å². The van der Waals surface area contributed by atoms with E-state index in [0.29, 0.717) is 19.6 Å². The quantitative estimate of drug-likeness (QED) is 0.856. The van der Waals surface area contributed by atoms with Gasteiger partial charge in [-0.25, -0.2) is 9.78 Å². The van der Waals surface area contributed by atoms with Crippen LogP contribution in [0.25, 0.3) is 0 Å². The molecule has 1 aromatic heterocycles. The van der Waals surface area contributed by atoms with Crippen LogP contribution in [0.3, 0.4) is 0 Å². The van der Waals surface area contributed by atoms with Crippen LogP contribution in [0.5, 0.6) is 0 Å². The predicted molar refractivity (Wildman–Crippen MR) is 113 cm³/mol. The maximum Gasteiger partial charge on any atom is 0.317 e. The van der Waals surface area contributed by atoms with Crippen molar-refractivity contribution in [3.05, 3.63) is 53.2 Å². The second-order valence-corrected chi connectivity index (χ2v) is 7.77. The summed E-state index contributed by atoms with van der Waals surface area (Å²) in [6.45, 7) is 5.68. The minimum atomic E-state index is -0.00900. The number of aromatic nitrogens is 1. The van der Waals surface area contributed by atoms with Gasteiger partial charge in [-0.05, 0) is 48.7 Å².